The standard InChI is InChI=1S/C18H15ClN2O/c19-14-8-6-13(7-9-14)17-10-15(12-4-2-1-3-5-12)16(11-20)18(21)22-17/h1-9,15,17H,10,21H2/t15-,17-/m0/s1. The van der Waals surface area contributed by atoms with E-state index in [4.69, 9.17) is 22.1 Å². The fourth-order valence-electron chi connectivity index (χ4n) is 2.77. The summed E-state index contributed by atoms with van der Waals surface area (Å²) in [5, 5.41) is 10.1. The second kappa shape index (κ2) is 6.13. The van der Waals surface area contributed by atoms with Gasteiger partial charge in [0.2, 0.25) is 0 Å². The zero-order valence-corrected chi connectivity index (χ0v) is 12.6. The normalized spacial score (nSPS) is 21.1. The number of benzene rings is 2. The molecule has 2 N–H and O–H groups in total. The summed E-state index contributed by atoms with van der Waals surface area (Å²) >= 11 is 5.93. The van der Waals surface area contributed by atoms with Crippen molar-refractivity contribution in [1.29, 1.82) is 5.26 Å². The van der Waals surface area contributed by atoms with E-state index < -0.39 is 0 Å². The number of hydrogen-bond acceptors (Lipinski definition) is 3. The summed E-state index contributed by atoms with van der Waals surface area (Å²) in [5.74, 6) is 0.156. The minimum Gasteiger partial charge on any atom is -0.470 e. The number of allylic oxidation sites excluding steroid dienone is 1. The van der Waals surface area contributed by atoms with E-state index in [1.54, 1.807) is 0 Å². The minimum atomic E-state index is -0.181. The Balaban J connectivity index is 1.97. The van der Waals surface area contributed by atoms with E-state index in [9.17, 15) is 5.26 Å². The van der Waals surface area contributed by atoms with Crippen LogP contribution in [0.15, 0.2) is 66.1 Å². The molecule has 0 saturated carbocycles. The Labute approximate surface area is 134 Å². The first-order valence-corrected chi connectivity index (χ1v) is 7.43. The lowest BCUT2D eigenvalue weighted by Crippen LogP contribution is -2.23. The van der Waals surface area contributed by atoms with Gasteiger partial charge in [0.15, 0.2) is 5.88 Å². The van der Waals surface area contributed by atoms with Gasteiger partial charge in [-0.1, -0.05) is 54.1 Å². The molecule has 2 aromatic rings. The summed E-state index contributed by atoms with van der Waals surface area (Å²) in [5.41, 5.74) is 8.56. The maximum absolute atomic E-state index is 9.40. The topological polar surface area (TPSA) is 59.0 Å². The van der Waals surface area contributed by atoms with Crippen molar-refractivity contribution in [1.82, 2.24) is 0 Å². The highest BCUT2D eigenvalue weighted by Gasteiger charge is 2.31. The molecule has 1 aliphatic heterocycles. The molecule has 0 aliphatic carbocycles. The smallest absolute Gasteiger partial charge is 0.199 e. The second-order valence-electron chi connectivity index (χ2n) is 5.25. The van der Waals surface area contributed by atoms with Crippen LogP contribution in [0.4, 0.5) is 0 Å². The van der Waals surface area contributed by atoms with Gasteiger partial charge in [-0.2, -0.15) is 5.26 Å². The fourth-order valence-corrected chi connectivity index (χ4v) is 2.90. The molecular formula is C18H15ClN2O. The number of nitrogens with zero attached hydrogens (tertiary/aromatic N) is 1. The van der Waals surface area contributed by atoms with Gasteiger partial charge in [0.1, 0.15) is 12.2 Å². The van der Waals surface area contributed by atoms with Crippen LogP contribution in [0.25, 0.3) is 0 Å². The van der Waals surface area contributed by atoms with Crippen molar-refractivity contribution in [2.24, 2.45) is 5.73 Å². The van der Waals surface area contributed by atoms with Gasteiger partial charge in [-0.3, -0.25) is 0 Å². The summed E-state index contributed by atoms with van der Waals surface area (Å²) in [6.45, 7) is 0. The first kappa shape index (κ1) is 14.5. The van der Waals surface area contributed by atoms with Crippen molar-refractivity contribution in [2.75, 3.05) is 0 Å². The average Bonchev–Trinajstić information content (AvgIpc) is 2.55. The predicted molar refractivity (Wildman–Crippen MR) is 85.9 cm³/mol. The van der Waals surface area contributed by atoms with E-state index >= 15 is 0 Å². The van der Waals surface area contributed by atoms with Gasteiger partial charge in [0.25, 0.3) is 0 Å². The third kappa shape index (κ3) is 2.79. The molecule has 4 heteroatoms. The van der Waals surface area contributed by atoms with Crippen LogP contribution in [0.5, 0.6) is 0 Å². The lowest BCUT2D eigenvalue weighted by atomic mass is 9.84. The van der Waals surface area contributed by atoms with Crippen molar-refractivity contribution in [2.45, 2.75) is 18.4 Å². The summed E-state index contributed by atoms with van der Waals surface area (Å²) in [6, 6.07) is 19.6. The monoisotopic (exact) mass is 310 g/mol. The predicted octanol–water partition coefficient (Wildman–Crippen LogP) is 4.28. The number of rotatable bonds is 2. The third-order valence-corrected chi connectivity index (χ3v) is 4.15. The lowest BCUT2D eigenvalue weighted by molar-refractivity contribution is 0.0838. The quantitative estimate of drug-likeness (QED) is 0.900. The van der Waals surface area contributed by atoms with E-state index in [0.29, 0.717) is 17.0 Å². The molecule has 22 heavy (non-hydrogen) atoms. The molecule has 0 radical (unpaired) electrons. The molecule has 3 rings (SSSR count). The van der Waals surface area contributed by atoms with Crippen molar-refractivity contribution in [3.05, 3.63) is 82.2 Å². The minimum absolute atomic E-state index is 0.0550. The summed E-state index contributed by atoms with van der Waals surface area (Å²) in [4.78, 5) is 0. The van der Waals surface area contributed by atoms with Crippen LogP contribution in [-0.2, 0) is 4.74 Å². The first-order valence-electron chi connectivity index (χ1n) is 7.06. The van der Waals surface area contributed by atoms with Gasteiger partial charge in [0, 0.05) is 17.4 Å². The van der Waals surface area contributed by atoms with Crippen LogP contribution in [-0.4, -0.2) is 0 Å². The Kier molecular flexibility index (Phi) is 4.04. The number of nitrogens with two attached hydrogens (primary N) is 1. The van der Waals surface area contributed by atoms with E-state index in [2.05, 4.69) is 6.07 Å². The van der Waals surface area contributed by atoms with Crippen molar-refractivity contribution in [3.63, 3.8) is 0 Å². The van der Waals surface area contributed by atoms with E-state index in [-0.39, 0.29) is 17.9 Å². The summed E-state index contributed by atoms with van der Waals surface area (Å²) < 4.78 is 5.76. The molecule has 0 unspecified atom stereocenters. The number of ether oxygens (including phenoxy) is 1. The molecule has 2 aromatic carbocycles. The molecule has 3 nitrogen and oxygen atoms in total. The van der Waals surface area contributed by atoms with Crippen LogP contribution in [0.1, 0.15) is 29.6 Å². The van der Waals surface area contributed by atoms with Crippen molar-refractivity contribution < 1.29 is 4.74 Å². The Hall–Kier alpha value is -2.44. The van der Waals surface area contributed by atoms with E-state index in [1.807, 2.05) is 54.6 Å². The first-order chi connectivity index (χ1) is 10.7. The molecule has 110 valence electrons. The maximum Gasteiger partial charge on any atom is 0.199 e. The molecule has 0 bridgehead atoms. The van der Waals surface area contributed by atoms with Gasteiger partial charge >= 0.3 is 0 Å². The zero-order valence-electron chi connectivity index (χ0n) is 11.9. The van der Waals surface area contributed by atoms with Crippen molar-refractivity contribution >= 4 is 11.6 Å². The average molecular weight is 311 g/mol. The molecule has 0 spiro atoms. The van der Waals surface area contributed by atoms with Crippen LogP contribution >= 0.6 is 11.6 Å². The molecular weight excluding hydrogens is 296 g/mol. The molecule has 0 saturated heterocycles. The number of hydrogen-bond donors (Lipinski definition) is 1. The SMILES string of the molecule is N#CC1=C(N)O[C@H](c2ccc(Cl)cc2)C[C@H]1c1ccccc1. The van der Waals surface area contributed by atoms with E-state index in [1.165, 1.54) is 0 Å². The van der Waals surface area contributed by atoms with Gasteiger partial charge in [-0.15, -0.1) is 0 Å². The molecule has 1 aliphatic rings. The van der Waals surface area contributed by atoms with Gasteiger partial charge in [-0.25, -0.2) is 0 Å². The fraction of sp³-hybridized carbons (Fsp3) is 0.167. The molecule has 0 amide bonds. The van der Waals surface area contributed by atoms with Crippen LogP contribution in [0, 0.1) is 11.3 Å². The van der Waals surface area contributed by atoms with Gasteiger partial charge < -0.3 is 10.5 Å². The van der Waals surface area contributed by atoms with Crippen LogP contribution in [0.2, 0.25) is 5.02 Å². The summed E-state index contributed by atoms with van der Waals surface area (Å²) in [7, 11) is 0. The van der Waals surface area contributed by atoms with E-state index in [0.717, 1.165) is 11.1 Å². The third-order valence-electron chi connectivity index (χ3n) is 3.90. The Morgan fingerprint density at radius 1 is 1.05 bits per heavy atom. The van der Waals surface area contributed by atoms with Crippen LogP contribution < -0.4 is 5.73 Å². The van der Waals surface area contributed by atoms with Crippen LogP contribution in [0.3, 0.4) is 0 Å². The lowest BCUT2D eigenvalue weighted by Gasteiger charge is -2.30. The van der Waals surface area contributed by atoms with Gasteiger partial charge in [-0.05, 0) is 23.3 Å². The molecule has 0 fully saturated rings. The highest BCUT2D eigenvalue weighted by Crippen LogP contribution is 2.41. The highest BCUT2D eigenvalue weighted by molar-refractivity contribution is 6.30. The molecule has 1 heterocycles. The number of halogens is 1. The highest BCUT2D eigenvalue weighted by atomic mass is 35.5. The zero-order chi connectivity index (χ0) is 15.5. The molecule has 0 aromatic heterocycles. The van der Waals surface area contributed by atoms with Gasteiger partial charge in [0.05, 0.1) is 5.57 Å². The Bertz CT molecular complexity index is 732. The van der Waals surface area contributed by atoms with Crippen molar-refractivity contribution in [3.8, 4) is 6.07 Å². The molecule has 2 atom stereocenters. The number of nitriles is 1. The Morgan fingerprint density at radius 2 is 1.73 bits per heavy atom. The largest absolute Gasteiger partial charge is 0.470 e. The Morgan fingerprint density at radius 3 is 2.36 bits per heavy atom. The maximum atomic E-state index is 9.40. The summed E-state index contributed by atoms with van der Waals surface area (Å²) in [6.07, 6.45) is 0.495. The second-order valence-corrected chi connectivity index (χ2v) is 5.68.